The number of carbonyl (C=O) groups excluding carboxylic acids is 2. The third kappa shape index (κ3) is 4.14. The number of amides is 1. The highest BCUT2D eigenvalue weighted by molar-refractivity contribution is 6.00. The molecule has 2 aliphatic rings. The Morgan fingerprint density at radius 3 is 2.41 bits per heavy atom. The first kappa shape index (κ1) is 19.4. The summed E-state index contributed by atoms with van der Waals surface area (Å²) in [6.45, 7) is 8.23. The first-order valence-electron chi connectivity index (χ1n) is 9.33. The van der Waals surface area contributed by atoms with E-state index in [0.29, 0.717) is 37.2 Å². The van der Waals surface area contributed by atoms with Gasteiger partial charge >= 0.3 is 6.09 Å². The Balaban J connectivity index is 1.80. The van der Waals surface area contributed by atoms with Crippen LogP contribution in [0, 0.1) is 24.2 Å². The van der Waals surface area contributed by atoms with Crippen molar-refractivity contribution in [1.82, 2.24) is 4.90 Å². The largest absolute Gasteiger partial charge is 0.444 e. The topological polar surface area (TPSA) is 79.6 Å². The Hall–Kier alpha value is -2.39. The molecule has 6 nitrogen and oxygen atoms in total. The van der Waals surface area contributed by atoms with Gasteiger partial charge in [0.25, 0.3) is 0 Å². The number of ether oxygens (including phenoxy) is 2. The minimum absolute atomic E-state index is 0.0210. The van der Waals surface area contributed by atoms with E-state index in [2.05, 4.69) is 6.07 Å². The van der Waals surface area contributed by atoms with Crippen LogP contribution in [0.25, 0.3) is 0 Å². The predicted molar refractivity (Wildman–Crippen MR) is 99.4 cm³/mol. The molecule has 2 aliphatic heterocycles. The molecule has 2 bridgehead atoms. The molecular weight excluding hydrogens is 344 g/mol. The zero-order chi connectivity index (χ0) is 19.8. The van der Waals surface area contributed by atoms with Gasteiger partial charge in [0.05, 0.1) is 36.9 Å². The fraction of sp³-hybridized carbons (Fsp3) is 0.571. The summed E-state index contributed by atoms with van der Waals surface area (Å²) in [4.78, 5) is 27.5. The summed E-state index contributed by atoms with van der Waals surface area (Å²) in [5.41, 5.74) is 1.27. The highest BCUT2D eigenvalue weighted by atomic mass is 16.6. The van der Waals surface area contributed by atoms with Gasteiger partial charge in [-0.2, -0.15) is 5.26 Å². The molecular formula is C21H26N2O4. The molecule has 2 fully saturated rings. The number of aryl methyl sites for hydroxylation is 1. The molecule has 1 aromatic rings. The Kier molecular flexibility index (Phi) is 5.25. The second-order valence-corrected chi connectivity index (χ2v) is 8.43. The molecule has 0 saturated carbocycles. The number of piperidine rings is 1. The molecule has 3 rings (SSSR count). The van der Waals surface area contributed by atoms with E-state index >= 15 is 0 Å². The third-order valence-corrected chi connectivity index (χ3v) is 5.06. The van der Waals surface area contributed by atoms with Crippen LogP contribution >= 0.6 is 0 Å². The average Bonchev–Trinajstić information content (AvgIpc) is 2.58. The van der Waals surface area contributed by atoms with E-state index < -0.39 is 5.60 Å². The van der Waals surface area contributed by atoms with Gasteiger partial charge in [0.1, 0.15) is 5.60 Å². The Morgan fingerprint density at radius 1 is 1.22 bits per heavy atom. The zero-order valence-corrected chi connectivity index (χ0v) is 16.3. The number of ketones is 1. The summed E-state index contributed by atoms with van der Waals surface area (Å²) in [5.74, 6) is -0.246. The molecule has 1 aromatic carbocycles. The zero-order valence-electron chi connectivity index (χ0n) is 16.3. The van der Waals surface area contributed by atoms with Crippen LogP contribution < -0.4 is 0 Å². The second-order valence-electron chi connectivity index (χ2n) is 8.43. The number of morpholine rings is 1. The summed E-state index contributed by atoms with van der Waals surface area (Å²) in [7, 11) is 0. The first-order valence-corrected chi connectivity index (χ1v) is 9.33. The number of benzene rings is 1. The van der Waals surface area contributed by atoms with Gasteiger partial charge in [-0.1, -0.05) is 6.07 Å². The van der Waals surface area contributed by atoms with Crippen LogP contribution in [0.5, 0.6) is 0 Å². The minimum atomic E-state index is -0.567. The van der Waals surface area contributed by atoms with E-state index in [9.17, 15) is 14.9 Å². The van der Waals surface area contributed by atoms with Crippen LogP contribution in [0.15, 0.2) is 18.2 Å². The van der Waals surface area contributed by atoms with Gasteiger partial charge in [0.2, 0.25) is 0 Å². The van der Waals surface area contributed by atoms with Gasteiger partial charge in [-0.25, -0.2) is 4.79 Å². The molecule has 2 heterocycles. The molecule has 0 N–H and O–H groups in total. The quantitative estimate of drug-likeness (QED) is 0.745. The van der Waals surface area contributed by atoms with Crippen LogP contribution in [0.2, 0.25) is 0 Å². The lowest BCUT2D eigenvalue weighted by molar-refractivity contribution is -0.0861. The summed E-state index contributed by atoms with van der Waals surface area (Å²) in [6.07, 6.45) is 0.695. The highest BCUT2D eigenvalue weighted by Crippen LogP contribution is 2.35. The molecule has 6 heteroatoms. The van der Waals surface area contributed by atoms with Gasteiger partial charge in [0.15, 0.2) is 5.78 Å². The monoisotopic (exact) mass is 370 g/mol. The van der Waals surface area contributed by atoms with E-state index in [1.54, 1.807) is 17.0 Å². The van der Waals surface area contributed by atoms with Crippen molar-refractivity contribution in [2.24, 2.45) is 5.92 Å². The fourth-order valence-electron chi connectivity index (χ4n) is 3.93. The number of fused-ring (bicyclic) bond motifs is 2. The lowest BCUT2D eigenvalue weighted by atomic mass is 9.80. The molecule has 0 aliphatic carbocycles. The highest BCUT2D eigenvalue weighted by Gasteiger charge is 2.45. The van der Waals surface area contributed by atoms with Crippen molar-refractivity contribution in [2.75, 3.05) is 13.2 Å². The Bertz CT molecular complexity index is 776. The van der Waals surface area contributed by atoms with Gasteiger partial charge in [0, 0.05) is 11.5 Å². The smallest absolute Gasteiger partial charge is 0.410 e. The lowest BCUT2D eigenvalue weighted by Gasteiger charge is -2.47. The van der Waals surface area contributed by atoms with Crippen molar-refractivity contribution in [3.63, 3.8) is 0 Å². The van der Waals surface area contributed by atoms with Crippen molar-refractivity contribution in [3.05, 3.63) is 34.9 Å². The number of hydrogen-bond donors (Lipinski definition) is 0. The molecule has 2 atom stereocenters. The molecule has 144 valence electrons. The fourth-order valence-corrected chi connectivity index (χ4v) is 3.93. The molecule has 27 heavy (non-hydrogen) atoms. The van der Waals surface area contributed by atoms with Crippen LogP contribution in [0.1, 0.15) is 55.1 Å². The van der Waals surface area contributed by atoms with E-state index in [1.807, 2.05) is 33.8 Å². The summed E-state index contributed by atoms with van der Waals surface area (Å²) >= 11 is 0. The Morgan fingerprint density at radius 2 is 1.85 bits per heavy atom. The Labute approximate surface area is 160 Å². The maximum absolute atomic E-state index is 13.1. The maximum atomic E-state index is 13.1. The van der Waals surface area contributed by atoms with Crippen LogP contribution in [0.3, 0.4) is 0 Å². The second kappa shape index (κ2) is 7.32. The van der Waals surface area contributed by atoms with Gasteiger partial charge < -0.3 is 9.47 Å². The van der Waals surface area contributed by atoms with E-state index in [1.165, 1.54) is 0 Å². The lowest BCUT2D eigenvalue weighted by Crippen LogP contribution is -2.60. The molecule has 2 unspecified atom stereocenters. The van der Waals surface area contributed by atoms with E-state index in [-0.39, 0.29) is 29.9 Å². The van der Waals surface area contributed by atoms with Crippen molar-refractivity contribution in [1.29, 1.82) is 5.26 Å². The van der Waals surface area contributed by atoms with Crippen molar-refractivity contribution in [3.8, 4) is 6.07 Å². The SMILES string of the molecule is Cc1ccc(C(=O)C2CC3COCC(C2)N3C(=O)OC(C)(C)C)c(C#N)c1. The number of rotatable bonds is 2. The summed E-state index contributed by atoms with van der Waals surface area (Å²) in [6, 6.07) is 7.10. The first-order chi connectivity index (χ1) is 12.7. The van der Waals surface area contributed by atoms with Crippen molar-refractivity contribution < 1.29 is 19.1 Å². The molecule has 0 aromatic heterocycles. The number of hydrogen-bond acceptors (Lipinski definition) is 5. The van der Waals surface area contributed by atoms with Crippen LogP contribution in [0.4, 0.5) is 4.79 Å². The van der Waals surface area contributed by atoms with Crippen LogP contribution in [-0.2, 0) is 9.47 Å². The van der Waals surface area contributed by atoms with E-state index in [4.69, 9.17) is 9.47 Å². The number of Topliss-reactive ketones (excluding diaryl/α,β-unsaturated/α-hetero) is 1. The van der Waals surface area contributed by atoms with Crippen LogP contribution in [-0.4, -0.2) is 47.7 Å². The average molecular weight is 370 g/mol. The molecule has 1 amide bonds. The molecule has 0 spiro atoms. The third-order valence-electron chi connectivity index (χ3n) is 5.06. The summed E-state index contributed by atoms with van der Waals surface area (Å²) < 4.78 is 11.2. The standard InChI is InChI=1S/C21H26N2O4/c1-13-5-6-18(15(7-13)10-22)19(24)14-8-16-11-26-12-17(9-14)23(16)20(25)27-21(2,3)4/h5-7,14,16-17H,8-9,11-12H2,1-4H3. The minimum Gasteiger partial charge on any atom is -0.444 e. The van der Waals surface area contributed by atoms with Crippen molar-refractivity contribution >= 4 is 11.9 Å². The number of carbonyl (C=O) groups is 2. The van der Waals surface area contributed by atoms with Crippen molar-refractivity contribution in [2.45, 2.75) is 58.2 Å². The van der Waals surface area contributed by atoms with Gasteiger partial charge in [-0.3, -0.25) is 9.69 Å². The van der Waals surface area contributed by atoms with Gasteiger partial charge in [-0.05, 0) is 58.2 Å². The molecule has 2 saturated heterocycles. The molecule has 0 radical (unpaired) electrons. The number of nitrogens with zero attached hydrogens (tertiary/aromatic N) is 2. The number of nitriles is 1. The maximum Gasteiger partial charge on any atom is 0.410 e. The summed E-state index contributed by atoms with van der Waals surface area (Å²) in [5, 5.41) is 9.38. The van der Waals surface area contributed by atoms with E-state index in [0.717, 1.165) is 5.56 Å². The normalized spacial score (nSPS) is 24.9. The predicted octanol–water partition coefficient (Wildman–Crippen LogP) is 3.46. The van der Waals surface area contributed by atoms with Gasteiger partial charge in [-0.15, -0.1) is 0 Å².